The quantitative estimate of drug-likeness (QED) is 0.385. The van der Waals surface area contributed by atoms with Crippen LogP contribution in [-0.4, -0.2) is 0 Å². The first-order valence-electron chi connectivity index (χ1n) is 2.06. The molecule has 1 aliphatic rings. The van der Waals surface area contributed by atoms with Crippen LogP contribution in [0.4, 0.5) is 0 Å². The lowest BCUT2D eigenvalue weighted by atomic mass is 10.6. The van der Waals surface area contributed by atoms with E-state index in [1.54, 1.807) is 0 Å². The molecular formula is C5H3I2P. The first-order chi connectivity index (χ1) is 3.80. The fraction of sp³-hybridized carbons (Fsp3) is 0. The molecule has 42 valence electrons. The predicted molar refractivity (Wildman–Crippen MR) is 55.7 cm³/mol. The van der Waals surface area contributed by atoms with E-state index in [-0.39, 0.29) is 3.21 Å². The Balaban J connectivity index is 2.74. The minimum Gasteiger partial charge on any atom is -0.111 e. The summed E-state index contributed by atoms with van der Waals surface area (Å²) in [5, 5.41) is 1.35. The van der Waals surface area contributed by atoms with Crippen LogP contribution < -0.4 is 0 Å². The van der Waals surface area contributed by atoms with Crippen molar-refractivity contribution in [3.8, 4) is 0 Å². The average Bonchev–Trinajstić information content (AvgIpc) is 2.12. The Kier molecular flexibility index (Phi) is 3.04. The second-order valence-corrected chi connectivity index (χ2v) is 13.6. The molecule has 0 aromatic heterocycles. The van der Waals surface area contributed by atoms with Crippen molar-refractivity contribution in [1.82, 2.24) is 0 Å². The molecule has 0 saturated heterocycles. The molecule has 0 aromatic rings. The molecule has 0 spiro atoms. The summed E-state index contributed by atoms with van der Waals surface area (Å²) in [5.74, 6) is 0. The summed E-state index contributed by atoms with van der Waals surface area (Å²) in [6.07, 6.45) is 6.11. The van der Waals surface area contributed by atoms with Crippen LogP contribution in [0.3, 0.4) is 0 Å². The van der Waals surface area contributed by atoms with Crippen LogP contribution in [0.25, 0.3) is 0 Å². The van der Waals surface area contributed by atoms with Gasteiger partial charge in [-0.1, -0.05) is 6.08 Å². The van der Waals surface area contributed by atoms with Crippen LogP contribution in [0, 0.1) is 0 Å². The molecule has 0 radical (unpaired) electrons. The maximum atomic E-state index is 3.15. The van der Waals surface area contributed by atoms with Gasteiger partial charge in [0, 0.05) is 5.31 Å². The van der Waals surface area contributed by atoms with Crippen LogP contribution in [0.5, 0.6) is 0 Å². The van der Waals surface area contributed by atoms with E-state index in [1.807, 2.05) is 12.2 Å². The number of halogens is 2. The molecule has 0 heterocycles. The lowest BCUT2D eigenvalue weighted by Crippen LogP contribution is -1.52. The molecule has 1 aliphatic carbocycles. The van der Waals surface area contributed by atoms with Gasteiger partial charge >= 0.3 is 0 Å². The van der Waals surface area contributed by atoms with Crippen molar-refractivity contribution in [1.29, 1.82) is 0 Å². The summed E-state index contributed by atoms with van der Waals surface area (Å²) < 4.78 is 0.0259. The highest BCUT2D eigenvalue weighted by Crippen LogP contribution is 2.61. The highest BCUT2D eigenvalue weighted by molar-refractivity contribution is 14.3. The molecule has 8 heavy (non-hydrogen) atoms. The van der Waals surface area contributed by atoms with E-state index < -0.39 is 0 Å². The summed E-state index contributed by atoms with van der Waals surface area (Å²) in [4.78, 5) is 0. The third-order valence-electron chi connectivity index (χ3n) is 0.764. The second kappa shape index (κ2) is 3.35. The predicted octanol–water partition coefficient (Wildman–Crippen LogP) is 3.78. The van der Waals surface area contributed by atoms with Crippen LogP contribution >= 0.6 is 47.3 Å². The Morgan fingerprint density at radius 1 is 1.50 bits per heavy atom. The number of hydrogen-bond acceptors (Lipinski definition) is 0. The zero-order valence-electron chi connectivity index (χ0n) is 3.94. The molecule has 3 heteroatoms. The Morgan fingerprint density at radius 3 is 2.50 bits per heavy atom. The van der Waals surface area contributed by atoms with Gasteiger partial charge in [0.2, 0.25) is 0 Å². The van der Waals surface area contributed by atoms with Gasteiger partial charge in [-0.05, 0) is 56.2 Å². The molecule has 0 atom stereocenters. The van der Waals surface area contributed by atoms with Crippen LogP contribution in [0.1, 0.15) is 0 Å². The normalized spacial score (nSPS) is 15.6. The van der Waals surface area contributed by atoms with Crippen molar-refractivity contribution in [2.75, 3.05) is 0 Å². The SMILES string of the molecule is IP(I)C1=C=CC=C1. The van der Waals surface area contributed by atoms with Crippen LogP contribution in [-0.2, 0) is 0 Å². The number of allylic oxidation sites excluding steroid dienone is 3. The maximum Gasteiger partial charge on any atom is 0.0633 e. The number of rotatable bonds is 1. The highest BCUT2D eigenvalue weighted by atomic mass is 127. The molecule has 0 aliphatic heterocycles. The third kappa shape index (κ3) is 1.83. The van der Waals surface area contributed by atoms with E-state index in [0.29, 0.717) is 0 Å². The van der Waals surface area contributed by atoms with E-state index in [1.165, 1.54) is 5.31 Å². The van der Waals surface area contributed by atoms with E-state index in [2.05, 4.69) is 55.9 Å². The monoisotopic (exact) mass is 348 g/mol. The molecule has 0 aromatic carbocycles. The zero-order valence-corrected chi connectivity index (χ0v) is 9.14. The smallest absolute Gasteiger partial charge is 0.0633 e. The molecular weight excluding hydrogens is 345 g/mol. The zero-order chi connectivity index (χ0) is 5.98. The Morgan fingerprint density at radius 2 is 2.25 bits per heavy atom. The van der Waals surface area contributed by atoms with Gasteiger partial charge in [-0.3, -0.25) is 0 Å². The Labute approximate surface area is 75.8 Å². The molecule has 0 amide bonds. The lowest BCUT2D eigenvalue weighted by Gasteiger charge is -1.93. The topological polar surface area (TPSA) is 0 Å². The van der Waals surface area contributed by atoms with E-state index >= 15 is 0 Å². The summed E-state index contributed by atoms with van der Waals surface area (Å²) in [6, 6.07) is 0. The molecule has 0 unspecified atom stereocenters. The summed E-state index contributed by atoms with van der Waals surface area (Å²) in [5.41, 5.74) is 3.15. The van der Waals surface area contributed by atoms with Crippen molar-refractivity contribution in [3.63, 3.8) is 0 Å². The fourth-order valence-electron chi connectivity index (χ4n) is 0.426. The standard InChI is InChI=1S/C5H3I2P/c6-8(7)5-3-1-2-4-5/h1-3H. The summed E-state index contributed by atoms with van der Waals surface area (Å²) in [6.45, 7) is 0. The summed E-state index contributed by atoms with van der Waals surface area (Å²) in [7, 11) is 0. The fourth-order valence-corrected chi connectivity index (χ4v) is 2.60. The molecule has 0 nitrogen and oxygen atoms in total. The summed E-state index contributed by atoms with van der Waals surface area (Å²) >= 11 is 4.85. The van der Waals surface area contributed by atoms with Crippen molar-refractivity contribution in [2.45, 2.75) is 0 Å². The van der Waals surface area contributed by atoms with Gasteiger partial charge in [0.05, 0.1) is 3.21 Å². The van der Waals surface area contributed by atoms with Gasteiger partial charge < -0.3 is 0 Å². The van der Waals surface area contributed by atoms with Crippen molar-refractivity contribution in [2.24, 2.45) is 0 Å². The van der Waals surface area contributed by atoms with E-state index in [4.69, 9.17) is 0 Å². The molecule has 0 bridgehead atoms. The van der Waals surface area contributed by atoms with Gasteiger partial charge in [-0.2, -0.15) is 0 Å². The lowest BCUT2D eigenvalue weighted by molar-refractivity contribution is 2.04. The van der Waals surface area contributed by atoms with Gasteiger partial charge in [-0.15, -0.1) is 5.73 Å². The average molecular weight is 348 g/mol. The van der Waals surface area contributed by atoms with Crippen molar-refractivity contribution in [3.05, 3.63) is 29.3 Å². The largest absolute Gasteiger partial charge is 0.111 e. The van der Waals surface area contributed by atoms with E-state index in [9.17, 15) is 0 Å². The van der Waals surface area contributed by atoms with Crippen LogP contribution in [0.2, 0.25) is 0 Å². The van der Waals surface area contributed by atoms with Crippen molar-refractivity contribution < 1.29 is 0 Å². The first-order valence-corrected chi connectivity index (χ1v) is 8.97. The van der Waals surface area contributed by atoms with Gasteiger partial charge in [0.25, 0.3) is 0 Å². The van der Waals surface area contributed by atoms with E-state index in [0.717, 1.165) is 0 Å². The van der Waals surface area contributed by atoms with Gasteiger partial charge in [-0.25, -0.2) is 0 Å². The maximum absolute atomic E-state index is 3.15. The van der Waals surface area contributed by atoms with Crippen LogP contribution in [0.15, 0.2) is 29.3 Å². The molecule has 1 rings (SSSR count). The molecule has 0 N–H and O–H groups in total. The molecule has 0 fully saturated rings. The third-order valence-corrected chi connectivity index (χ3v) is 4.52. The number of hydrogen-bond donors (Lipinski definition) is 0. The van der Waals surface area contributed by atoms with Crippen molar-refractivity contribution >= 4 is 47.3 Å². The minimum absolute atomic E-state index is 0.0259. The first kappa shape index (κ1) is 7.26. The Bertz CT molecular complexity index is 175. The second-order valence-electron chi connectivity index (χ2n) is 1.29. The Hall–Kier alpha value is 1.15. The molecule has 0 saturated carbocycles. The van der Waals surface area contributed by atoms with Gasteiger partial charge in [0.15, 0.2) is 0 Å². The van der Waals surface area contributed by atoms with Gasteiger partial charge in [0.1, 0.15) is 0 Å². The minimum atomic E-state index is 0.0259. The highest BCUT2D eigenvalue weighted by Gasteiger charge is 2.01.